The molecule has 1 saturated heterocycles. The Hall–Kier alpha value is -0.665. The topological polar surface area (TPSA) is 18.5 Å². The van der Waals surface area contributed by atoms with Crippen LogP contribution in [0.1, 0.15) is 12.5 Å². The summed E-state index contributed by atoms with van der Waals surface area (Å²) in [6.45, 7) is 2.55. The Kier molecular flexibility index (Phi) is 3.77. The summed E-state index contributed by atoms with van der Waals surface area (Å²) in [5.41, 5.74) is 2.28. The molecular weight excluding hydrogens is 197 g/mol. The highest BCUT2D eigenvalue weighted by molar-refractivity contribution is 6.62. The van der Waals surface area contributed by atoms with E-state index in [1.165, 1.54) is 5.56 Å². The molecule has 0 N–H and O–H groups in total. The van der Waals surface area contributed by atoms with Gasteiger partial charge < -0.3 is 9.31 Å². The zero-order valence-electron chi connectivity index (χ0n) is 9.43. The van der Waals surface area contributed by atoms with Gasteiger partial charge in [-0.1, -0.05) is 31.2 Å². The largest absolute Gasteiger partial charge is 0.493 e. The summed E-state index contributed by atoms with van der Waals surface area (Å²) in [6, 6.07) is 7.70. The van der Waals surface area contributed by atoms with Crippen molar-refractivity contribution in [1.29, 1.82) is 0 Å². The Morgan fingerprint density at radius 1 is 1.31 bits per heavy atom. The molecule has 0 aliphatic carbocycles. The van der Waals surface area contributed by atoms with E-state index in [9.17, 15) is 0 Å². The Bertz CT molecular complexity index is 342. The number of aryl methyl sites for hydroxylation is 1. The highest BCUT2D eigenvalue weighted by atomic mass is 16.6. The summed E-state index contributed by atoms with van der Waals surface area (Å²) in [6.07, 6.45) is 1.02. The molecule has 1 fully saturated rings. The molecule has 16 heavy (non-hydrogen) atoms. The minimum atomic E-state index is -0.454. The number of benzene rings is 1. The smallest absolute Gasteiger partial charge is 0.414 e. The van der Waals surface area contributed by atoms with E-state index in [4.69, 9.17) is 25.0 Å². The molecule has 1 aliphatic heterocycles. The minimum absolute atomic E-state index is 0.244. The van der Waals surface area contributed by atoms with Crippen LogP contribution in [-0.2, 0) is 15.7 Å². The minimum Gasteiger partial charge on any atom is -0.414 e. The maximum atomic E-state index is 5.73. The maximum Gasteiger partial charge on any atom is 0.493 e. The van der Waals surface area contributed by atoms with Crippen molar-refractivity contribution in [1.82, 2.24) is 0 Å². The lowest BCUT2D eigenvalue weighted by Gasteiger charge is -2.32. The molecule has 5 heteroatoms. The summed E-state index contributed by atoms with van der Waals surface area (Å²) in [4.78, 5) is 0. The molecular formula is C11H13B3O2. The predicted octanol–water partition coefficient (Wildman–Crippen LogP) is 0.443. The fraction of sp³-hybridized carbons (Fsp3) is 0.455. The van der Waals surface area contributed by atoms with Crippen LogP contribution in [0.2, 0.25) is 5.82 Å². The van der Waals surface area contributed by atoms with Gasteiger partial charge in [-0.3, -0.25) is 0 Å². The van der Waals surface area contributed by atoms with Crippen molar-refractivity contribution >= 4 is 28.3 Å². The number of rotatable bonds is 2. The van der Waals surface area contributed by atoms with Gasteiger partial charge in [0.15, 0.2) is 0 Å². The first-order chi connectivity index (χ1) is 7.70. The Morgan fingerprint density at radius 3 is 2.56 bits per heavy atom. The maximum absolute atomic E-state index is 5.73. The van der Waals surface area contributed by atoms with Gasteiger partial charge in [0.1, 0.15) is 7.85 Å². The summed E-state index contributed by atoms with van der Waals surface area (Å²) in [5, 5.41) is 0. The van der Waals surface area contributed by atoms with Gasteiger partial charge in [0, 0.05) is 6.61 Å². The highest BCUT2D eigenvalue weighted by Gasteiger charge is 2.31. The average molecular weight is 210 g/mol. The first-order valence-corrected chi connectivity index (χ1v) is 5.57. The van der Waals surface area contributed by atoms with Gasteiger partial charge in [-0.15, -0.1) is 0 Å². The lowest BCUT2D eigenvalue weighted by Crippen LogP contribution is -2.47. The van der Waals surface area contributed by atoms with Crippen LogP contribution in [-0.4, -0.2) is 35.4 Å². The molecule has 1 aromatic carbocycles. The first-order valence-electron chi connectivity index (χ1n) is 5.57. The van der Waals surface area contributed by atoms with Crippen molar-refractivity contribution in [3.8, 4) is 0 Å². The van der Waals surface area contributed by atoms with E-state index in [1.54, 1.807) is 0 Å². The van der Waals surface area contributed by atoms with Crippen LogP contribution in [0.25, 0.3) is 0 Å². The Labute approximate surface area is 99.7 Å². The predicted molar refractivity (Wildman–Crippen MR) is 67.3 cm³/mol. The molecule has 78 valence electrons. The zero-order chi connectivity index (χ0) is 11.5. The van der Waals surface area contributed by atoms with Gasteiger partial charge in [-0.25, -0.2) is 0 Å². The Balaban J connectivity index is 2.06. The fourth-order valence-electron chi connectivity index (χ4n) is 1.66. The van der Waals surface area contributed by atoms with Crippen LogP contribution in [0.15, 0.2) is 24.3 Å². The molecule has 2 unspecified atom stereocenters. The summed E-state index contributed by atoms with van der Waals surface area (Å²) in [7, 11) is 11.0. The van der Waals surface area contributed by atoms with E-state index < -0.39 is 6.00 Å². The third kappa shape index (κ3) is 2.53. The van der Waals surface area contributed by atoms with Gasteiger partial charge in [-0.2, -0.15) is 0 Å². The zero-order valence-corrected chi connectivity index (χ0v) is 9.43. The SMILES string of the molecule is [B]C1COB(c2ccc(CC)cc2)OC1[B]. The third-order valence-electron chi connectivity index (χ3n) is 2.80. The van der Waals surface area contributed by atoms with E-state index in [0.717, 1.165) is 11.9 Å². The van der Waals surface area contributed by atoms with E-state index in [-0.39, 0.29) is 12.9 Å². The molecule has 1 aliphatic rings. The molecule has 0 bridgehead atoms. The van der Waals surface area contributed by atoms with Crippen LogP contribution in [0.3, 0.4) is 0 Å². The van der Waals surface area contributed by atoms with E-state index in [1.807, 2.05) is 12.1 Å². The number of hydrogen-bond acceptors (Lipinski definition) is 2. The quantitative estimate of drug-likeness (QED) is 0.659. The van der Waals surface area contributed by atoms with Crippen molar-refractivity contribution < 1.29 is 9.31 Å². The van der Waals surface area contributed by atoms with Gasteiger partial charge in [-0.05, 0) is 29.3 Å². The van der Waals surface area contributed by atoms with Crippen LogP contribution in [0.5, 0.6) is 0 Å². The van der Waals surface area contributed by atoms with Crippen molar-refractivity contribution in [3.63, 3.8) is 0 Å². The summed E-state index contributed by atoms with van der Waals surface area (Å²) >= 11 is 0. The molecule has 0 aromatic heterocycles. The van der Waals surface area contributed by atoms with E-state index in [0.29, 0.717) is 6.61 Å². The fourth-order valence-corrected chi connectivity index (χ4v) is 1.66. The van der Waals surface area contributed by atoms with Gasteiger partial charge in [0.2, 0.25) is 0 Å². The van der Waals surface area contributed by atoms with Gasteiger partial charge >= 0.3 is 7.12 Å². The lowest BCUT2D eigenvalue weighted by atomic mass is 9.68. The van der Waals surface area contributed by atoms with Crippen LogP contribution >= 0.6 is 0 Å². The van der Waals surface area contributed by atoms with Crippen molar-refractivity contribution in [2.45, 2.75) is 25.2 Å². The van der Waals surface area contributed by atoms with Crippen molar-refractivity contribution in [2.75, 3.05) is 6.61 Å². The summed E-state index contributed by atoms with van der Waals surface area (Å²) < 4.78 is 11.0. The van der Waals surface area contributed by atoms with Crippen LogP contribution in [0, 0.1) is 0 Å². The second kappa shape index (κ2) is 5.11. The van der Waals surface area contributed by atoms with Crippen molar-refractivity contribution in [3.05, 3.63) is 29.8 Å². The summed E-state index contributed by atoms with van der Waals surface area (Å²) in [5.74, 6) is -0.244. The highest BCUT2D eigenvalue weighted by Crippen LogP contribution is 2.16. The van der Waals surface area contributed by atoms with Crippen LogP contribution < -0.4 is 5.46 Å². The molecule has 1 heterocycles. The molecule has 1 aromatic rings. The third-order valence-corrected chi connectivity index (χ3v) is 2.80. The van der Waals surface area contributed by atoms with E-state index in [2.05, 4.69) is 19.1 Å². The first kappa shape index (κ1) is 11.8. The number of hydrogen-bond donors (Lipinski definition) is 0. The molecule has 2 atom stereocenters. The Morgan fingerprint density at radius 2 is 2.00 bits per heavy atom. The standard InChI is InChI=1S/C11H13B3O2/c1-2-8-3-5-9(6-4-8)14-15-7-10(12)11(13)16-14/h3-6,10-11H,2,7H2,1H3. The normalized spacial score (nSPS) is 25.7. The molecule has 0 spiro atoms. The monoisotopic (exact) mass is 210 g/mol. The average Bonchev–Trinajstić information content (AvgIpc) is 2.33. The lowest BCUT2D eigenvalue weighted by molar-refractivity contribution is 0.121. The molecule has 2 nitrogen and oxygen atoms in total. The second-order valence-electron chi connectivity index (χ2n) is 4.02. The molecule has 4 radical (unpaired) electrons. The molecule has 0 amide bonds. The molecule has 2 rings (SSSR count). The second-order valence-corrected chi connectivity index (χ2v) is 4.02. The van der Waals surface area contributed by atoms with Gasteiger partial charge in [0.25, 0.3) is 0 Å². The molecule has 0 saturated carbocycles. The van der Waals surface area contributed by atoms with Crippen molar-refractivity contribution in [2.24, 2.45) is 0 Å². The van der Waals surface area contributed by atoms with Crippen LogP contribution in [0.4, 0.5) is 0 Å². The van der Waals surface area contributed by atoms with Gasteiger partial charge in [0.05, 0.1) is 7.85 Å². The van der Waals surface area contributed by atoms with E-state index >= 15 is 0 Å².